The van der Waals surface area contributed by atoms with Crippen LogP contribution in [0.1, 0.15) is 6.92 Å². The highest BCUT2D eigenvalue weighted by Crippen LogP contribution is 2.13. The fourth-order valence-electron chi connectivity index (χ4n) is 1.14. The van der Waals surface area contributed by atoms with Crippen LogP contribution in [-0.2, 0) is 0 Å². The number of imidazole rings is 1. The zero-order chi connectivity index (χ0) is 9.26. The van der Waals surface area contributed by atoms with Crippen LogP contribution in [-0.4, -0.2) is 19.5 Å². The van der Waals surface area contributed by atoms with E-state index in [1.807, 2.05) is 19.2 Å². The lowest BCUT2D eigenvalue weighted by Crippen LogP contribution is -1.93. The van der Waals surface area contributed by atoms with E-state index >= 15 is 0 Å². The molecule has 66 valence electrons. The summed E-state index contributed by atoms with van der Waals surface area (Å²) >= 11 is 0. The van der Waals surface area contributed by atoms with Gasteiger partial charge in [0.05, 0.1) is 0 Å². The molecular formula is C8H9N5. The molecule has 2 N–H and O–H groups in total. The Morgan fingerprint density at radius 2 is 2.23 bits per heavy atom. The number of aromatic nitrogens is 4. The molecule has 2 aromatic heterocycles. The van der Waals surface area contributed by atoms with Gasteiger partial charge in [0.2, 0.25) is 0 Å². The Morgan fingerprint density at radius 1 is 1.38 bits per heavy atom. The van der Waals surface area contributed by atoms with Crippen LogP contribution in [0.25, 0.3) is 17.4 Å². The van der Waals surface area contributed by atoms with Crippen molar-refractivity contribution in [3.05, 3.63) is 18.7 Å². The van der Waals surface area contributed by atoms with E-state index in [1.54, 1.807) is 10.9 Å². The zero-order valence-electron chi connectivity index (χ0n) is 7.18. The molecule has 5 nitrogen and oxygen atoms in total. The standard InChI is InChI=1S/C8H9N5/c1-2-3-13-5-12-6-7(9)10-4-11-8(6)13/h2-5H,1H3,(H2,9,10,11). The molecule has 0 amide bonds. The summed E-state index contributed by atoms with van der Waals surface area (Å²) in [7, 11) is 0. The Labute approximate surface area is 74.9 Å². The molecule has 2 aromatic rings. The molecule has 13 heavy (non-hydrogen) atoms. The van der Waals surface area contributed by atoms with E-state index in [0.717, 1.165) is 5.65 Å². The summed E-state index contributed by atoms with van der Waals surface area (Å²) < 4.78 is 1.80. The second kappa shape index (κ2) is 2.85. The third-order valence-electron chi connectivity index (χ3n) is 1.70. The Bertz CT molecular complexity index is 457. The number of fused-ring (bicyclic) bond motifs is 1. The largest absolute Gasteiger partial charge is 0.382 e. The summed E-state index contributed by atoms with van der Waals surface area (Å²) in [5.74, 6) is 0.410. The van der Waals surface area contributed by atoms with Crippen LogP contribution in [0.15, 0.2) is 18.7 Å². The minimum Gasteiger partial charge on any atom is -0.382 e. The first-order valence-corrected chi connectivity index (χ1v) is 3.88. The van der Waals surface area contributed by atoms with Crippen LogP contribution in [0.3, 0.4) is 0 Å². The summed E-state index contributed by atoms with van der Waals surface area (Å²) in [4.78, 5) is 12.0. The highest BCUT2D eigenvalue weighted by Gasteiger charge is 2.04. The number of hydrogen-bond donors (Lipinski definition) is 1. The first-order valence-electron chi connectivity index (χ1n) is 3.88. The summed E-state index contributed by atoms with van der Waals surface area (Å²) in [6, 6.07) is 0. The van der Waals surface area contributed by atoms with E-state index in [0.29, 0.717) is 11.3 Å². The fraction of sp³-hybridized carbons (Fsp3) is 0.125. The third-order valence-corrected chi connectivity index (χ3v) is 1.70. The molecule has 5 heteroatoms. The predicted molar refractivity (Wildman–Crippen MR) is 50.7 cm³/mol. The van der Waals surface area contributed by atoms with Gasteiger partial charge in [0.25, 0.3) is 0 Å². The highest BCUT2D eigenvalue weighted by atomic mass is 15.1. The lowest BCUT2D eigenvalue weighted by atomic mass is 10.5. The van der Waals surface area contributed by atoms with E-state index in [4.69, 9.17) is 5.73 Å². The van der Waals surface area contributed by atoms with Crippen molar-refractivity contribution in [2.45, 2.75) is 6.92 Å². The monoisotopic (exact) mass is 175 g/mol. The molecule has 2 rings (SSSR count). The van der Waals surface area contributed by atoms with Crippen molar-refractivity contribution >= 4 is 23.2 Å². The fourth-order valence-corrected chi connectivity index (χ4v) is 1.14. The van der Waals surface area contributed by atoms with Crippen molar-refractivity contribution < 1.29 is 0 Å². The van der Waals surface area contributed by atoms with E-state index in [2.05, 4.69) is 15.0 Å². The van der Waals surface area contributed by atoms with Crippen molar-refractivity contribution in [1.82, 2.24) is 19.5 Å². The maximum absolute atomic E-state index is 5.61. The van der Waals surface area contributed by atoms with Crippen molar-refractivity contribution in [1.29, 1.82) is 0 Å². The van der Waals surface area contributed by atoms with E-state index in [1.165, 1.54) is 6.33 Å². The van der Waals surface area contributed by atoms with E-state index in [-0.39, 0.29) is 0 Å². The molecule has 0 fully saturated rings. The number of anilines is 1. The van der Waals surface area contributed by atoms with Crippen LogP contribution in [0.5, 0.6) is 0 Å². The molecule has 0 aliphatic rings. The van der Waals surface area contributed by atoms with Crippen molar-refractivity contribution in [2.24, 2.45) is 0 Å². The van der Waals surface area contributed by atoms with Crippen LogP contribution < -0.4 is 5.73 Å². The summed E-state index contributed by atoms with van der Waals surface area (Å²) in [5.41, 5.74) is 6.98. The van der Waals surface area contributed by atoms with Gasteiger partial charge in [-0.15, -0.1) is 0 Å². The summed E-state index contributed by atoms with van der Waals surface area (Å²) in [6.45, 7) is 1.93. The quantitative estimate of drug-likeness (QED) is 0.699. The number of hydrogen-bond acceptors (Lipinski definition) is 4. The minimum absolute atomic E-state index is 0.410. The maximum Gasteiger partial charge on any atom is 0.169 e. The molecule has 0 aromatic carbocycles. The van der Waals surface area contributed by atoms with Crippen LogP contribution in [0.2, 0.25) is 0 Å². The van der Waals surface area contributed by atoms with Crippen molar-refractivity contribution in [2.75, 3.05) is 5.73 Å². The van der Waals surface area contributed by atoms with Gasteiger partial charge in [-0.2, -0.15) is 0 Å². The normalized spacial score (nSPS) is 11.5. The number of nitrogens with two attached hydrogens (primary N) is 1. The first-order chi connectivity index (χ1) is 6.33. The summed E-state index contributed by atoms with van der Waals surface area (Å²) in [6.07, 6.45) is 6.86. The van der Waals surface area contributed by atoms with Gasteiger partial charge in [0.1, 0.15) is 12.7 Å². The molecule has 0 aliphatic carbocycles. The van der Waals surface area contributed by atoms with Gasteiger partial charge in [-0.1, -0.05) is 6.08 Å². The highest BCUT2D eigenvalue weighted by molar-refractivity contribution is 5.82. The third kappa shape index (κ3) is 1.14. The van der Waals surface area contributed by atoms with Gasteiger partial charge in [0.15, 0.2) is 17.0 Å². The molecule has 0 saturated carbocycles. The average Bonchev–Trinajstić information content (AvgIpc) is 2.51. The average molecular weight is 175 g/mol. The van der Waals surface area contributed by atoms with Crippen LogP contribution >= 0.6 is 0 Å². The van der Waals surface area contributed by atoms with Crippen molar-refractivity contribution in [3.63, 3.8) is 0 Å². The predicted octanol–water partition coefficient (Wildman–Crippen LogP) is 0.899. The van der Waals surface area contributed by atoms with E-state index < -0.39 is 0 Å². The van der Waals surface area contributed by atoms with Crippen LogP contribution in [0, 0.1) is 0 Å². The minimum atomic E-state index is 0.410. The van der Waals surface area contributed by atoms with Gasteiger partial charge >= 0.3 is 0 Å². The molecule has 0 saturated heterocycles. The molecule has 0 unspecified atom stereocenters. The van der Waals surface area contributed by atoms with Gasteiger partial charge in [-0.05, 0) is 6.92 Å². The Balaban J connectivity index is 2.75. The second-order valence-corrected chi connectivity index (χ2v) is 2.57. The van der Waals surface area contributed by atoms with Crippen LogP contribution in [0.4, 0.5) is 5.82 Å². The molecule has 2 heterocycles. The molecule has 0 aliphatic heterocycles. The first kappa shape index (κ1) is 7.72. The lowest BCUT2D eigenvalue weighted by Gasteiger charge is -1.94. The lowest BCUT2D eigenvalue weighted by molar-refractivity contribution is 1.12. The van der Waals surface area contributed by atoms with Gasteiger partial charge in [-0.3, -0.25) is 4.57 Å². The topological polar surface area (TPSA) is 69.6 Å². The van der Waals surface area contributed by atoms with Crippen molar-refractivity contribution in [3.8, 4) is 0 Å². The summed E-state index contributed by atoms with van der Waals surface area (Å²) in [5, 5.41) is 0. The van der Waals surface area contributed by atoms with Gasteiger partial charge in [-0.25, -0.2) is 15.0 Å². The molecular weight excluding hydrogens is 166 g/mol. The number of nitrogens with zero attached hydrogens (tertiary/aromatic N) is 4. The maximum atomic E-state index is 5.61. The van der Waals surface area contributed by atoms with Gasteiger partial charge in [0, 0.05) is 6.20 Å². The van der Waals surface area contributed by atoms with Gasteiger partial charge < -0.3 is 5.73 Å². The molecule has 0 atom stereocenters. The molecule has 0 spiro atoms. The Morgan fingerprint density at radius 3 is 3.00 bits per heavy atom. The number of nitrogen functional groups attached to an aromatic ring is 1. The smallest absolute Gasteiger partial charge is 0.169 e. The number of allylic oxidation sites excluding steroid dienone is 1. The SMILES string of the molecule is CC=Cn1cnc2c(N)ncnc21. The Hall–Kier alpha value is -1.91. The number of rotatable bonds is 1. The van der Waals surface area contributed by atoms with E-state index in [9.17, 15) is 0 Å². The zero-order valence-corrected chi connectivity index (χ0v) is 7.18. The molecule has 0 radical (unpaired) electrons. The molecule has 0 bridgehead atoms. The second-order valence-electron chi connectivity index (χ2n) is 2.57. The Kier molecular flexibility index (Phi) is 1.70.